The number of hydrogen-bond donors (Lipinski definition) is 4. The van der Waals surface area contributed by atoms with E-state index >= 15 is 0 Å². The maximum absolute atomic E-state index is 10.5. The molecule has 1 atom stereocenters. The van der Waals surface area contributed by atoms with Crippen LogP contribution in [0.1, 0.15) is 5.56 Å². The minimum Gasteiger partial charge on any atom is -0.480 e. The Morgan fingerprint density at radius 1 is 1.33 bits per heavy atom. The molecule has 18 heavy (non-hydrogen) atoms. The molecule has 0 saturated heterocycles. The van der Waals surface area contributed by atoms with Crippen molar-refractivity contribution in [1.29, 1.82) is 0 Å². The van der Waals surface area contributed by atoms with Crippen LogP contribution in [0.3, 0.4) is 0 Å². The summed E-state index contributed by atoms with van der Waals surface area (Å²) in [6, 6.07) is 4.65. The molecule has 5 N–H and O–H groups in total. The molecule has 0 aliphatic heterocycles. The Balaban J connectivity index is 0.00000289. The smallest absolute Gasteiger partial charge is 0.480 e. The van der Waals surface area contributed by atoms with Gasteiger partial charge >= 0.3 is 13.8 Å². The van der Waals surface area contributed by atoms with Gasteiger partial charge in [0.25, 0.3) is 0 Å². The van der Waals surface area contributed by atoms with Crippen molar-refractivity contribution in [3.8, 4) is 5.75 Å². The summed E-state index contributed by atoms with van der Waals surface area (Å²) in [6.45, 7) is 0. The number of phosphoric ester groups is 1. The van der Waals surface area contributed by atoms with Crippen LogP contribution in [0.2, 0.25) is 0 Å². The number of phosphoric acid groups is 1. The Morgan fingerprint density at radius 2 is 1.83 bits per heavy atom. The topological polar surface area (TPSA) is 130 Å². The predicted octanol–water partition coefficient (Wildman–Crippen LogP) is 0.113. The third-order valence-corrected chi connectivity index (χ3v) is 2.37. The van der Waals surface area contributed by atoms with E-state index < -0.39 is 19.8 Å². The van der Waals surface area contributed by atoms with Crippen molar-refractivity contribution in [2.45, 2.75) is 12.5 Å². The molecule has 1 rings (SSSR count). The van der Waals surface area contributed by atoms with Crippen molar-refractivity contribution < 1.29 is 78.2 Å². The molecule has 9 heteroatoms. The number of hydrogen-bond acceptors (Lipinski definition) is 4. The first-order valence-electron chi connectivity index (χ1n) is 4.60. The molecular weight excluding hydrogens is 401 g/mol. The van der Waals surface area contributed by atoms with Gasteiger partial charge in [-0.05, 0) is 24.1 Å². The Labute approximate surface area is 144 Å². The Hall–Kier alpha value is 0.184. The van der Waals surface area contributed by atoms with E-state index in [-0.39, 0.29) is 61.5 Å². The zero-order chi connectivity index (χ0) is 13.1. The van der Waals surface area contributed by atoms with Crippen molar-refractivity contribution in [3.05, 3.63) is 29.8 Å². The van der Waals surface area contributed by atoms with Gasteiger partial charge in [0.05, 0.1) is 0 Å². The van der Waals surface area contributed by atoms with Gasteiger partial charge in [-0.15, -0.1) is 0 Å². The normalized spacial score (nSPS) is 12.4. The second-order valence-electron chi connectivity index (χ2n) is 3.37. The predicted molar refractivity (Wildman–Crippen MR) is 58.4 cm³/mol. The summed E-state index contributed by atoms with van der Waals surface area (Å²) in [7, 11) is -4.56. The summed E-state index contributed by atoms with van der Waals surface area (Å²) < 4.78 is 14.9. The van der Waals surface area contributed by atoms with Crippen LogP contribution in [0.25, 0.3) is 0 Å². The average Bonchev–Trinajstić information content (AvgIpc) is 2.18. The molecule has 0 bridgehead atoms. The number of carbonyl (C=O) groups is 1. The molecule has 0 saturated carbocycles. The third-order valence-electron chi connectivity index (χ3n) is 1.92. The molecular formula is C9H12EuNO6P. The largest absolute Gasteiger partial charge is 0.524 e. The quantitative estimate of drug-likeness (QED) is 0.505. The van der Waals surface area contributed by atoms with Gasteiger partial charge in [0.2, 0.25) is 0 Å². The Morgan fingerprint density at radius 3 is 2.22 bits per heavy atom. The molecule has 0 aliphatic rings. The summed E-state index contributed by atoms with van der Waals surface area (Å²) >= 11 is 0. The van der Waals surface area contributed by atoms with E-state index in [0.29, 0.717) is 5.56 Å². The molecule has 0 aromatic heterocycles. The van der Waals surface area contributed by atoms with E-state index in [2.05, 4.69) is 4.52 Å². The SMILES string of the molecule is NC(Cc1ccc(OP(=O)(O)O)cc1)C(=O)O.[Eu]. The maximum atomic E-state index is 10.5. The summed E-state index contributed by atoms with van der Waals surface area (Å²) in [5.74, 6) is -1.11. The van der Waals surface area contributed by atoms with Gasteiger partial charge in [0.1, 0.15) is 11.8 Å². The molecule has 0 spiro atoms. The van der Waals surface area contributed by atoms with Gasteiger partial charge in [-0.1, -0.05) is 12.1 Å². The fourth-order valence-electron chi connectivity index (χ4n) is 1.16. The summed E-state index contributed by atoms with van der Waals surface area (Å²) in [4.78, 5) is 27.6. The summed E-state index contributed by atoms with van der Waals surface area (Å²) in [5.41, 5.74) is 5.97. The van der Waals surface area contributed by atoms with Gasteiger partial charge in [0, 0.05) is 49.4 Å². The monoisotopic (exact) mass is 414 g/mol. The van der Waals surface area contributed by atoms with Crippen LogP contribution >= 0.6 is 7.82 Å². The number of carboxylic acids is 1. The molecule has 1 aromatic carbocycles. The zero-order valence-electron chi connectivity index (χ0n) is 9.06. The van der Waals surface area contributed by atoms with Crippen LogP contribution in [-0.4, -0.2) is 26.9 Å². The van der Waals surface area contributed by atoms with Crippen LogP contribution in [0, 0.1) is 49.4 Å². The average molecular weight is 413 g/mol. The van der Waals surface area contributed by atoms with Gasteiger partial charge in [0.15, 0.2) is 0 Å². The third kappa shape index (κ3) is 6.94. The second kappa shape index (κ2) is 7.70. The molecule has 1 unspecified atom stereocenters. The first kappa shape index (κ1) is 18.2. The Bertz CT molecular complexity index is 445. The van der Waals surface area contributed by atoms with E-state index in [1.165, 1.54) is 24.3 Å². The second-order valence-corrected chi connectivity index (χ2v) is 4.54. The van der Waals surface area contributed by atoms with Crippen LogP contribution in [0.5, 0.6) is 5.75 Å². The van der Waals surface area contributed by atoms with E-state index in [1.807, 2.05) is 0 Å². The molecule has 101 valence electrons. The summed E-state index contributed by atoms with van der Waals surface area (Å²) in [5, 5.41) is 8.60. The van der Waals surface area contributed by atoms with E-state index in [0.717, 1.165) is 0 Å². The minimum absolute atomic E-state index is 0. The number of carboxylic acid groups (broad SMARTS) is 1. The fraction of sp³-hybridized carbons (Fsp3) is 0.222. The fourth-order valence-corrected chi connectivity index (χ4v) is 1.56. The first-order valence-corrected chi connectivity index (χ1v) is 6.13. The number of aliphatic carboxylic acids is 1. The summed E-state index contributed by atoms with van der Waals surface area (Å²) in [6.07, 6.45) is 0.130. The zero-order valence-corrected chi connectivity index (χ0v) is 12.4. The van der Waals surface area contributed by atoms with Crippen molar-refractivity contribution in [2.75, 3.05) is 0 Å². The number of benzene rings is 1. The number of nitrogens with two attached hydrogens (primary N) is 1. The molecule has 7 nitrogen and oxygen atoms in total. The molecule has 0 aliphatic carbocycles. The van der Waals surface area contributed by atoms with Crippen molar-refractivity contribution in [3.63, 3.8) is 0 Å². The molecule has 0 fully saturated rings. The molecule has 0 amide bonds. The van der Waals surface area contributed by atoms with Gasteiger partial charge in [-0.3, -0.25) is 14.6 Å². The van der Waals surface area contributed by atoms with Crippen molar-refractivity contribution >= 4 is 13.8 Å². The minimum atomic E-state index is -4.56. The molecule has 1 aromatic rings. The van der Waals surface area contributed by atoms with E-state index in [4.69, 9.17) is 20.6 Å². The van der Waals surface area contributed by atoms with Crippen molar-refractivity contribution in [1.82, 2.24) is 0 Å². The van der Waals surface area contributed by atoms with E-state index in [9.17, 15) is 9.36 Å². The first-order chi connectivity index (χ1) is 7.78. The van der Waals surface area contributed by atoms with Gasteiger partial charge < -0.3 is 15.4 Å². The Kier molecular flexibility index (Phi) is 7.77. The van der Waals surface area contributed by atoms with Gasteiger partial charge in [-0.25, -0.2) is 4.57 Å². The maximum Gasteiger partial charge on any atom is 0.524 e. The van der Waals surface area contributed by atoms with Gasteiger partial charge in [-0.2, -0.15) is 0 Å². The van der Waals surface area contributed by atoms with Crippen LogP contribution in [0.4, 0.5) is 0 Å². The molecule has 0 heterocycles. The number of rotatable bonds is 5. The van der Waals surface area contributed by atoms with Crippen LogP contribution < -0.4 is 10.3 Å². The van der Waals surface area contributed by atoms with Crippen LogP contribution in [-0.2, 0) is 15.8 Å². The molecule has 1 radical (unpaired) electrons. The van der Waals surface area contributed by atoms with E-state index in [1.54, 1.807) is 0 Å². The van der Waals surface area contributed by atoms with Crippen LogP contribution in [0.15, 0.2) is 24.3 Å². The van der Waals surface area contributed by atoms with Crippen molar-refractivity contribution in [2.24, 2.45) is 5.73 Å². The standard InChI is InChI=1S/C9H12NO6P.Eu/c10-8(9(11)12)5-6-1-3-7(4-2-6)16-17(13,14)15;/h1-4,8H,5,10H2,(H,11,12)(H2,13,14,15);.